The Balaban J connectivity index is 1.40. The fourth-order valence-electron chi connectivity index (χ4n) is 6.13. The number of pyridine rings is 1. The SMILES string of the molecule is [2H]c1c(C)c([2H])c2c(c1[2H])c(=O)c([2H])c(SCc1cccc(F)c1F)n2CC(=O)N(Cc1ccc(-c2ccc(C(F)(F)F)cc2)cc1)C1CCN(C([2H])([2H])C([2H])([2H])OC([2H])([2H])[2H])CC1. The van der Waals surface area contributed by atoms with Crippen LogP contribution < -0.4 is 5.43 Å². The van der Waals surface area contributed by atoms with Gasteiger partial charge in [0.15, 0.2) is 17.1 Å². The normalized spacial score (nSPS) is 18.0. The van der Waals surface area contributed by atoms with Crippen LogP contribution in [0.15, 0.2) is 101 Å². The van der Waals surface area contributed by atoms with Crippen molar-refractivity contribution in [1.29, 1.82) is 0 Å². The van der Waals surface area contributed by atoms with Gasteiger partial charge in [-0.1, -0.05) is 54.6 Å². The first-order valence-corrected chi connectivity index (χ1v) is 17.4. The summed E-state index contributed by atoms with van der Waals surface area (Å²) in [6, 6.07) is 11.6. The lowest BCUT2D eigenvalue weighted by molar-refractivity contribution is -0.137. The number of ether oxygens (including phenoxy) is 1. The molecule has 4 aromatic carbocycles. The number of methoxy groups -OCH3 is 1. The number of hydrogen-bond donors (Lipinski definition) is 0. The molecule has 6 nitrogen and oxygen atoms in total. The van der Waals surface area contributed by atoms with Crippen LogP contribution in [0.25, 0.3) is 22.0 Å². The lowest BCUT2D eigenvalue weighted by atomic mass is 10.00. The molecule has 1 aliphatic rings. The van der Waals surface area contributed by atoms with Crippen LogP contribution in [0.4, 0.5) is 22.0 Å². The molecule has 2 heterocycles. The molecular formula is C41H40F5N3O3S. The number of alkyl halides is 3. The molecule has 1 amide bonds. The van der Waals surface area contributed by atoms with Crippen LogP contribution in [-0.4, -0.2) is 59.5 Å². The molecule has 0 radical (unpaired) electrons. The summed E-state index contributed by atoms with van der Waals surface area (Å²) >= 11 is 0.716. The zero-order valence-electron chi connectivity index (χ0n) is 39.2. The van der Waals surface area contributed by atoms with Crippen molar-refractivity contribution >= 4 is 28.6 Å². The summed E-state index contributed by atoms with van der Waals surface area (Å²) < 4.78 is 165. The fraction of sp³-hybridized carbons (Fsp3) is 0.317. The second kappa shape index (κ2) is 16.7. The topological polar surface area (TPSA) is 54.8 Å². The molecule has 0 saturated carbocycles. The number of hydrogen-bond acceptors (Lipinski definition) is 5. The first-order valence-electron chi connectivity index (χ1n) is 21.9. The first-order chi connectivity index (χ1) is 29.7. The van der Waals surface area contributed by atoms with Crippen molar-refractivity contribution in [3.05, 3.63) is 135 Å². The standard InChI is InChI=1S/C41H40F5N3O3S/c1-27-6-15-34-36(22-27)49(39(23-37(34)50)53-26-31-4-3-5-35(42)40(31)43)25-38(51)48(33-16-18-47(19-17-33)20-21-52-2)24-28-7-9-29(10-8-28)30-11-13-32(14-12-30)41(44,45)46/h3-15,22-23,33H,16-21,24-26H2,1-2H3/i2D3,6D,15D,20D2,21D2,22D,23D. The maximum atomic E-state index is 14.9. The van der Waals surface area contributed by atoms with E-state index in [1.807, 2.05) is 0 Å². The number of aromatic nitrogens is 1. The van der Waals surface area contributed by atoms with Gasteiger partial charge in [-0.2, -0.15) is 13.2 Å². The Morgan fingerprint density at radius 1 is 1.02 bits per heavy atom. The van der Waals surface area contributed by atoms with E-state index in [9.17, 15) is 31.5 Å². The third-order valence-corrected chi connectivity index (χ3v) is 9.95. The first kappa shape index (κ1) is 26.3. The number of carbonyl (C=O) groups is 1. The number of rotatable bonds is 12. The third-order valence-electron chi connectivity index (χ3n) is 8.90. The number of carbonyl (C=O) groups excluding carboxylic acids is 1. The molecule has 0 spiro atoms. The third kappa shape index (κ3) is 9.17. The molecule has 53 heavy (non-hydrogen) atoms. The molecule has 0 aliphatic carbocycles. The van der Waals surface area contributed by atoms with Gasteiger partial charge >= 0.3 is 6.18 Å². The molecule has 1 fully saturated rings. The monoisotopic (exact) mass is 760 g/mol. The van der Waals surface area contributed by atoms with Gasteiger partial charge in [0.2, 0.25) is 5.91 Å². The molecule has 278 valence electrons. The Kier molecular flexibility index (Phi) is 8.26. The number of fused-ring (bicyclic) bond motifs is 1. The smallest absolute Gasteiger partial charge is 0.383 e. The molecule has 6 rings (SSSR count). The highest BCUT2D eigenvalue weighted by atomic mass is 32.2. The minimum absolute atomic E-state index is 0.00959. The lowest BCUT2D eigenvalue weighted by Crippen LogP contribution is -2.48. The van der Waals surface area contributed by atoms with Gasteiger partial charge in [0.25, 0.3) is 0 Å². The molecular weight excluding hydrogens is 710 g/mol. The summed E-state index contributed by atoms with van der Waals surface area (Å²) in [5.74, 6) is -3.35. The highest BCUT2D eigenvalue weighted by Gasteiger charge is 2.31. The maximum Gasteiger partial charge on any atom is 0.416 e. The van der Waals surface area contributed by atoms with E-state index >= 15 is 0 Å². The molecule has 1 saturated heterocycles. The highest BCUT2D eigenvalue weighted by molar-refractivity contribution is 7.98. The van der Waals surface area contributed by atoms with E-state index in [1.165, 1.54) is 40.7 Å². The Bertz CT molecular complexity index is 2620. The Morgan fingerprint density at radius 3 is 2.40 bits per heavy atom. The number of benzene rings is 4. The maximum absolute atomic E-state index is 14.9. The number of halogens is 5. The summed E-state index contributed by atoms with van der Waals surface area (Å²) in [5.41, 5.74) is -0.713. The van der Waals surface area contributed by atoms with Crippen LogP contribution >= 0.6 is 11.8 Å². The molecule has 0 N–H and O–H groups in total. The van der Waals surface area contributed by atoms with Gasteiger partial charge in [-0.3, -0.25) is 9.59 Å². The van der Waals surface area contributed by atoms with E-state index in [4.69, 9.17) is 15.1 Å². The van der Waals surface area contributed by atoms with Crippen molar-refractivity contribution in [2.24, 2.45) is 0 Å². The lowest BCUT2D eigenvalue weighted by Gasteiger charge is -2.39. The molecule has 0 atom stereocenters. The average Bonchev–Trinajstić information content (AvgIpc) is 3.22. The van der Waals surface area contributed by atoms with E-state index in [2.05, 4.69) is 4.74 Å². The Morgan fingerprint density at radius 2 is 1.72 bits per heavy atom. The van der Waals surface area contributed by atoms with E-state index in [-0.39, 0.29) is 59.9 Å². The summed E-state index contributed by atoms with van der Waals surface area (Å²) in [4.78, 5) is 31.1. The van der Waals surface area contributed by atoms with Crippen LogP contribution in [0.3, 0.4) is 0 Å². The van der Waals surface area contributed by atoms with Gasteiger partial charge in [0.05, 0.1) is 35.0 Å². The van der Waals surface area contributed by atoms with Gasteiger partial charge in [-0.05, 0) is 72.3 Å². The molecule has 12 heteroatoms. The second-order valence-corrected chi connectivity index (χ2v) is 13.4. The van der Waals surface area contributed by atoms with Gasteiger partial charge in [-0.25, -0.2) is 8.78 Å². The minimum atomic E-state index is -4.54. The molecule has 5 aromatic rings. The Hall–Kier alpha value is -4.52. The van der Waals surface area contributed by atoms with Crippen molar-refractivity contribution in [3.8, 4) is 11.1 Å². The summed E-state index contributed by atoms with van der Waals surface area (Å²) in [7, 11) is -3.27. The van der Waals surface area contributed by atoms with Crippen LogP contribution in [0.2, 0.25) is 0 Å². The quantitative estimate of drug-likeness (QED) is 0.0942. The number of amides is 1. The van der Waals surface area contributed by atoms with Crippen LogP contribution in [-0.2, 0) is 34.6 Å². The average molecular weight is 761 g/mol. The molecule has 0 unspecified atom stereocenters. The zero-order chi connectivity index (χ0) is 47.3. The van der Waals surface area contributed by atoms with E-state index in [0.717, 1.165) is 23.1 Å². The molecule has 0 bridgehead atoms. The van der Waals surface area contributed by atoms with Crippen LogP contribution in [0.5, 0.6) is 0 Å². The van der Waals surface area contributed by atoms with Crippen LogP contribution in [0.1, 0.15) is 50.2 Å². The summed E-state index contributed by atoms with van der Waals surface area (Å²) in [6.07, 6.45) is -4.52. The largest absolute Gasteiger partial charge is 0.416 e. The van der Waals surface area contributed by atoms with Crippen molar-refractivity contribution in [2.45, 2.75) is 55.9 Å². The predicted molar refractivity (Wildman–Crippen MR) is 198 cm³/mol. The molecule has 1 aliphatic heterocycles. The van der Waals surface area contributed by atoms with Crippen molar-refractivity contribution in [3.63, 3.8) is 0 Å². The summed E-state index contributed by atoms with van der Waals surface area (Å²) in [6.45, 7) is -6.09. The fourth-order valence-corrected chi connectivity index (χ4v) is 7.12. The molecule has 1 aromatic heterocycles. The van der Waals surface area contributed by atoms with E-state index in [1.54, 1.807) is 24.3 Å². The van der Waals surface area contributed by atoms with E-state index in [0.29, 0.717) is 28.5 Å². The second-order valence-electron chi connectivity index (χ2n) is 12.4. The number of likely N-dealkylation sites (tertiary alicyclic amines) is 1. The van der Waals surface area contributed by atoms with Crippen molar-refractivity contribution in [1.82, 2.24) is 14.4 Å². The van der Waals surface area contributed by atoms with Crippen molar-refractivity contribution in [2.75, 3.05) is 33.2 Å². The zero-order valence-corrected chi connectivity index (χ0v) is 29.1. The number of thioether (sulfide) groups is 1. The van der Waals surface area contributed by atoms with Crippen LogP contribution in [0, 0.1) is 18.6 Å². The predicted octanol–water partition coefficient (Wildman–Crippen LogP) is 8.71. The van der Waals surface area contributed by atoms with Gasteiger partial charge in [-0.15, -0.1) is 11.8 Å². The minimum Gasteiger partial charge on any atom is -0.383 e. The Labute approximate surface area is 324 Å². The number of nitrogens with zero attached hydrogens (tertiary/aromatic N) is 3. The van der Waals surface area contributed by atoms with Gasteiger partial charge < -0.3 is 19.1 Å². The summed E-state index contributed by atoms with van der Waals surface area (Å²) in [5, 5.41) is -0.700. The van der Waals surface area contributed by atoms with Gasteiger partial charge in [0.1, 0.15) is 6.54 Å². The highest BCUT2D eigenvalue weighted by Crippen LogP contribution is 2.32. The number of piperidine rings is 1. The van der Waals surface area contributed by atoms with E-state index < -0.39 is 96.9 Å². The van der Waals surface area contributed by atoms with Gasteiger partial charge in [0, 0.05) is 64.7 Å². The van der Waals surface area contributed by atoms with Crippen molar-refractivity contribution < 1.29 is 46.6 Å².